The van der Waals surface area contributed by atoms with Gasteiger partial charge in [0.15, 0.2) is 0 Å². The fourth-order valence-corrected chi connectivity index (χ4v) is 3.74. The molecule has 0 fully saturated rings. The summed E-state index contributed by atoms with van der Waals surface area (Å²) in [6.45, 7) is 3.61. The standard InChI is InChI=1S/C26H23ClF3NO4/c1-15-12-21(9-6-17(15)7-11-24(32)33)35-20-5-3-4-18(13-20)16(2)31-25(34)22-10-8-19(14-23(22)27)26(28,29)30/h3-6,8-10,12-14,16H,7,11H2,1-2H3,(H,31,34)(H,32,33)/t16-/m1/s1. The lowest BCUT2D eigenvalue weighted by atomic mass is 10.0. The molecule has 3 aromatic carbocycles. The first-order valence-corrected chi connectivity index (χ1v) is 11.1. The number of carbonyl (C=O) groups is 2. The van der Waals surface area contributed by atoms with E-state index < -0.39 is 29.7 Å². The van der Waals surface area contributed by atoms with Crippen molar-refractivity contribution in [1.29, 1.82) is 0 Å². The van der Waals surface area contributed by atoms with Gasteiger partial charge in [-0.2, -0.15) is 13.2 Å². The average Bonchev–Trinajstić information content (AvgIpc) is 2.77. The molecule has 184 valence electrons. The lowest BCUT2D eigenvalue weighted by Gasteiger charge is -2.17. The highest BCUT2D eigenvalue weighted by Gasteiger charge is 2.31. The highest BCUT2D eigenvalue weighted by Crippen LogP contribution is 2.32. The van der Waals surface area contributed by atoms with E-state index in [1.54, 1.807) is 37.3 Å². The number of benzene rings is 3. The van der Waals surface area contributed by atoms with Crippen LogP contribution >= 0.6 is 11.6 Å². The van der Waals surface area contributed by atoms with Gasteiger partial charge in [0.2, 0.25) is 0 Å². The Morgan fingerprint density at radius 1 is 1.06 bits per heavy atom. The first-order chi connectivity index (χ1) is 16.4. The summed E-state index contributed by atoms with van der Waals surface area (Å²) >= 11 is 5.92. The van der Waals surface area contributed by atoms with E-state index in [-0.39, 0.29) is 17.0 Å². The van der Waals surface area contributed by atoms with Crippen LogP contribution in [0.3, 0.4) is 0 Å². The molecule has 3 aromatic rings. The van der Waals surface area contributed by atoms with Crippen LogP contribution in [0.25, 0.3) is 0 Å². The minimum atomic E-state index is -4.55. The van der Waals surface area contributed by atoms with E-state index in [4.69, 9.17) is 21.4 Å². The Morgan fingerprint density at radius 3 is 2.40 bits per heavy atom. The predicted octanol–water partition coefficient (Wildman–Crippen LogP) is 6.97. The first kappa shape index (κ1) is 26.1. The largest absolute Gasteiger partial charge is 0.481 e. The van der Waals surface area contributed by atoms with Crippen LogP contribution in [0, 0.1) is 6.92 Å². The zero-order valence-electron chi connectivity index (χ0n) is 18.9. The van der Waals surface area contributed by atoms with Crippen LogP contribution in [0.2, 0.25) is 5.02 Å². The molecule has 35 heavy (non-hydrogen) atoms. The Hall–Kier alpha value is -3.52. The molecule has 0 heterocycles. The van der Waals surface area contributed by atoms with Gasteiger partial charge in [0.1, 0.15) is 11.5 Å². The third-order valence-electron chi connectivity index (χ3n) is 5.40. The molecule has 0 bridgehead atoms. The zero-order chi connectivity index (χ0) is 25.8. The predicted molar refractivity (Wildman–Crippen MR) is 126 cm³/mol. The molecule has 1 atom stereocenters. The number of halogens is 4. The van der Waals surface area contributed by atoms with Gasteiger partial charge in [-0.15, -0.1) is 0 Å². The van der Waals surface area contributed by atoms with Crippen molar-refractivity contribution in [2.24, 2.45) is 0 Å². The molecule has 5 nitrogen and oxygen atoms in total. The summed E-state index contributed by atoms with van der Waals surface area (Å²) < 4.78 is 44.4. The molecule has 1 amide bonds. The van der Waals surface area contributed by atoms with Crippen molar-refractivity contribution < 1.29 is 32.6 Å². The van der Waals surface area contributed by atoms with Gasteiger partial charge in [-0.25, -0.2) is 0 Å². The number of alkyl halides is 3. The van der Waals surface area contributed by atoms with Crippen LogP contribution in [0.4, 0.5) is 13.2 Å². The molecule has 0 unspecified atom stereocenters. The molecule has 0 saturated carbocycles. The number of hydrogen-bond donors (Lipinski definition) is 2. The van der Waals surface area contributed by atoms with Gasteiger partial charge in [-0.05, 0) is 79.4 Å². The number of ether oxygens (including phenoxy) is 1. The molecule has 0 aliphatic rings. The molecule has 0 aliphatic carbocycles. The smallest absolute Gasteiger partial charge is 0.416 e. The Balaban J connectivity index is 1.69. The molecule has 0 spiro atoms. The maximum absolute atomic E-state index is 12.8. The normalized spacial score (nSPS) is 12.2. The molecule has 0 saturated heterocycles. The van der Waals surface area contributed by atoms with Crippen molar-refractivity contribution in [2.45, 2.75) is 38.9 Å². The fourth-order valence-electron chi connectivity index (χ4n) is 3.47. The summed E-state index contributed by atoms with van der Waals surface area (Å²) in [5.41, 5.74) is 1.56. The van der Waals surface area contributed by atoms with Gasteiger partial charge in [-0.1, -0.05) is 29.8 Å². The lowest BCUT2D eigenvalue weighted by molar-refractivity contribution is -0.138. The van der Waals surface area contributed by atoms with E-state index in [1.165, 1.54) is 0 Å². The number of carbonyl (C=O) groups excluding carboxylic acids is 1. The Kier molecular flexibility index (Phi) is 8.07. The fraction of sp³-hybridized carbons (Fsp3) is 0.231. The van der Waals surface area contributed by atoms with Crippen molar-refractivity contribution in [3.05, 3.63) is 93.5 Å². The van der Waals surface area contributed by atoms with E-state index in [0.717, 1.165) is 29.3 Å². The van der Waals surface area contributed by atoms with Gasteiger partial charge < -0.3 is 15.2 Å². The zero-order valence-corrected chi connectivity index (χ0v) is 19.7. The summed E-state index contributed by atoms with van der Waals surface area (Å²) in [7, 11) is 0. The monoisotopic (exact) mass is 505 g/mol. The first-order valence-electron chi connectivity index (χ1n) is 10.7. The number of hydrogen-bond acceptors (Lipinski definition) is 3. The number of carboxylic acid groups (broad SMARTS) is 1. The van der Waals surface area contributed by atoms with Crippen molar-refractivity contribution in [3.8, 4) is 11.5 Å². The SMILES string of the molecule is Cc1cc(Oc2cccc([C@@H](C)NC(=O)c3ccc(C(F)(F)F)cc3Cl)c2)ccc1CCC(=O)O. The molecule has 2 N–H and O–H groups in total. The Labute approximate surface area is 205 Å². The minimum Gasteiger partial charge on any atom is -0.481 e. The van der Waals surface area contributed by atoms with E-state index in [9.17, 15) is 22.8 Å². The molecular weight excluding hydrogens is 483 g/mol. The molecular formula is C26H23ClF3NO4. The van der Waals surface area contributed by atoms with E-state index in [2.05, 4.69) is 5.32 Å². The van der Waals surface area contributed by atoms with Crippen LogP contribution in [0.5, 0.6) is 11.5 Å². The van der Waals surface area contributed by atoms with E-state index >= 15 is 0 Å². The van der Waals surface area contributed by atoms with Crippen LogP contribution in [-0.4, -0.2) is 17.0 Å². The highest BCUT2D eigenvalue weighted by molar-refractivity contribution is 6.33. The molecule has 9 heteroatoms. The van der Waals surface area contributed by atoms with Crippen molar-refractivity contribution in [1.82, 2.24) is 5.32 Å². The van der Waals surface area contributed by atoms with Crippen LogP contribution < -0.4 is 10.1 Å². The summed E-state index contributed by atoms with van der Waals surface area (Å²) in [4.78, 5) is 23.4. The van der Waals surface area contributed by atoms with Gasteiger partial charge in [-0.3, -0.25) is 9.59 Å². The quantitative estimate of drug-likeness (QED) is 0.347. The summed E-state index contributed by atoms with van der Waals surface area (Å²) in [6, 6.07) is 14.5. The summed E-state index contributed by atoms with van der Waals surface area (Å²) in [5.74, 6) is -0.362. The van der Waals surface area contributed by atoms with Crippen molar-refractivity contribution in [3.63, 3.8) is 0 Å². The number of carboxylic acids is 1. The summed E-state index contributed by atoms with van der Waals surface area (Å²) in [6.07, 6.45) is -4.08. The third kappa shape index (κ3) is 6.99. The van der Waals surface area contributed by atoms with Gasteiger partial charge in [0.25, 0.3) is 5.91 Å². The van der Waals surface area contributed by atoms with E-state index in [1.807, 2.05) is 19.1 Å². The second-order valence-electron chi connectivity index (χ2n) is 8.04. The second kappa shape index (κ2) is 10.8. The third-order valence-corrected chi connectivity index (χ3v) is 5.72. The van der Waals surface area contributed by atoms with Crippen LogP contribution in [0.15, 0.2) is 60.7 Å². The van der Waals surface area contributed by atoms with Crippen LogP contribution in [-0.2, 0) is 17.4 Å². The number of aryl methyl sites for hydroxylation is 2. The Morgan fingerprint density at radius 2 is 1.77 bits per heavy atom. The number of rotatable bonds is 8. The lowest BCUT2D eigenvalue weighted by Crippen LogP contribution is -2.27. The van der Waals surface area contributed by atoms with Gasteiger partial charge >= 0.3 is 12.1 Å². The average molecular weight is 506 g/mol. The topological polar surface area (TPSA) is 75.6 Å². The molecule has 0 aliphatic heterocycles. The minimum absolute atomic E-state index is 0.0460. The maximum Gasteiger partial charge on any atom is 0.416 e. The maximum atomic E-state index is 12.8. The van der Waals surface area contributed by atoms with Crippen molar-refractivity contribution in [2.75, 3.05) is 0 Å². The number of aliphatic carboxylic acids is 1. The molecule has 0 radical (unpaired) electrons. The van der Waals surface area contributed by atoms with Crippen LogP contribution in [0.1, 0.15) is 52.0 Å². The van der Waals surface area contributed by atoms with E-state index in [0.29, 0.717) is 23.5 Å². The van der Waals surface area contributed by atoms with Gasteiger partial charge in [0.05, 0.1) is 22.2 Å². The number of nitrogens with one attached hydrogen (secondary N) is 1. The van der Waals surface area contributed by atoms with Gasteiger partial charge in [0, 0.05) is 6.42 Å². The highest BCUT2D eigenvalue weighted by atomic mass is 35.5. The molecule has 0 aromatic heterocycles. The Bertz CT molecular complexity index is 1240. The molecule has 3 rings (SSSR count). The summed E-state index contributed by atoms with van der Waals surface area (Å²) in [5, 5.41) is 11.3. The van der Waals surface area contributed by atoms with Crippen molar-refractivity contribution >= 4 is 23.5 Å². The second-order valence-corrected chi connectivity index (χ2v) is 8.45. The number of amides is 1.